The van der Waals surface area contributed by atoms with Gasteiger partial charge in [0.15, 0.2) is 0 Å². The number of benzene rings is 1. The minimum Gasteiger partial charge on any atom is -0.364 e. The van der Waals surface area contributed by atoms with Crippen LogP contribution in [-0.2, 0) is 6.42 Å². The van der Waals surface area contributed by atoms with E-state index in [0.717, 1.165) is 30.5 Å². The number of fused-ring (bicyclic) bond motifs is 3. The lowest BCUT2D eigenvalue weighted by Crippen LogP contribution is -2.37. The summed E-state index contributed by atoms with van der Waals surface area (Å²) in [7, 11) is 0. The third-order valence-corrected chi connectivity index (χ3v) is 3.70. The molecule has 0 spiro atoms. The Kier molecular flexibility index (Phi) is 1.96. The van der Waals surface area contributed by atoms with E-state index < -0.39 is 0 Å². The molecular formula is C12H15FN2. The fourth-order valence-corrected chi connectivity index (χ4v) is 3.01. The summed E-state index contributed by atoms with van der Waals surface area (Å²) in [6, 6.07) is 6.27. The van der Waals surface area contributed by atoms with Crippen molar-refractivity contribution in [2.75, 3.05) is 11.4 Å². The van der Waals surface area contributed by atoms with Crippen LogP contribution in [0, 0.1) is 5.82 Å². The lowest BCUT2D eigenvalue weighted by molar-refractivity contribution is 0.604. The predicted octanol–water partition coefficient (Wildman–Crippen LogP) is 1.68. The van der Waals surface area contributed by atoms with Gasteiger partial charge in [0.05, 0.1) is 0 Å². The molecule has 2 unspecified atom stereocenters. The first-order valence-electron chi connectivity index (χ1n) is 5.57. The second-order valence-electron chi connectivity index (χ2n) is 4.47. The summed E-state index contributed by atoms with van der Waals surface area (Å²) >= 11 is 0. The van der Waals surface area contributed by atoms with Gasteiger partial charge in [0, 0.05) is 29.9 Å². The molecule has 0 amide bonds. The van der Waals surface area contributed by atoms with Crippen molar-refractivity contribution in [3.8, 4) is 0 Å². The van der Waals surface area contributed by atoms with Crippen LogP contribution in [0.4, 0.5) is 10.1 Å². The highest BCUT2D eigenvalue weighted by atomic mass is 19.1. The zero-order valence-corrected chi connectivity index (χ0v) is 8.62. The van der Waals surface area contributed by atoms with Gasteiger partial charge in [0.1, 0.15) is 5.82 Å². The molecule has 2 heterocycles. The molecule has 1 aromatic rings. The van der Waals surface area contributed by atoms with E-state index in [-0.39, 0.29) is 5.82 Å². The molecule has 2 nitrogen and oxygen atoms in total. The molecule has 1 aromatic carbocycles. The Bertz CT molecular complexity index is 391. The van der Waals surface area contributed by atoms with Gasteiger partial charge >= 0.3 is 0 Å². The molecule has 2 atom stereocenters. The Hall–Kier alpha value is -1.09. The third kappa shape index (κ3) is 1.19. The standard InChI is InChI=1S/C12H15FN2/c13-11-2-1-3-12-10(11)6-8-4-5-9(7-14)15(8)12/h1-3,8-9H,4-7,14H2. The second-order valence-corrected chi connectivity index (χ2v) is 4.47. The van der Waals surface area contributed by atoms with E-state index >= 15 is 0 Å². The SMILES string of the molecule is NCC1CCC2Cc3c(F)cccc3N12. The number of hydrogen-bond donors (Lipinski definition) is 1. The highest BCUT2D eigenvalue weighted by Gasteiger charge is 2.39. The van der Waals surface area contributed by atoms with Crippen molar-refractivity contribution in [3.05, 3.63) is 29.6 Å². The average Bonchev–Trinajstić information content (AvgIpc) is 2.77. The summed E-state index contributed by atoms with van der Waals surface area (Å²) in [6.07, 6.45) is 3.16. The van der Waals surface area contributed by atoms with Gasteiger partial charge in [-0.15, -0.1) is 0 Å². The maximum Gasteiger partial charge on any atom is 0.128 e. The van der Waals surface area contributed by atoms with Crippen LogP contribution < -0.4 is 10.6 Å². The number of nitrogens with zero attached hydrogens (tertiary/aromatic N) is 1. The minimum absolute atomic E-state index is 0.0577. The van der Waals surface area contributed by atoms with Crippen LogP contribution in [0.25, 0.3) is 0 Å². The van der Waals surface area contributed by atoms with E-state index in [2.05, 4.69) is 4.90 Å². The molecule has 80 valence electrons. The molecule has 2 aliphatic heterocycles. The van der Waals surface area contributed by atoms with Crippen molar-refractivity contribution >= 4 is 5.69 Å². The van der Waals surface area contributed by atoms with Gasteiger partial charge in [-0.05, 0) is 31.4 Å². The zero-order chi connectivity index (χ0) is 10.4. The van der Waals surface area contributed by atoms with Gasteiger partial charge in [0.25, 0.3) is 0 Å². The highest BCUT2D eigenvalue weighted by Crippen LogP contribution is 2.41. The van der Waals surface area contributed by atoms with Crippen LogP contribution in [-0.4, -0.2) is 18.6 Å². The molecule has 0 saturated carbocycles. The van der Waals surface area contributed by atoms with Gasteiger partial charge in [-0.3, -0.25) is 0 Å². The van der Waals surface area contributed by atoms with Gasteiger partial charge in [-0.2, -0.15) is 0 Å². The number of rotatable bonds is 1. The summed E-state index contributed by atoms with van der Waals surface area (Å²) in [5, 5.41) is 0. The molecule has 1 fully saturated rings. The molecule has 1 saturated heterocycles. The maximum absolute atomic E-state index is 13.6. The first-order chi connectivity index (χ1) is 7.31. The van der Waals surface area contributed by atoms with E-state index in [9.17, 15) is 4.39 Å². The lowest BCUT2D eigenvalue weighted by atomic mass is 10.1. The van der Waals surface area contributed by atoms with Gasteiger partial charge in [-0.25, -0.2) is 4.39 Å². The lowest BCUT2D eigenvalue weighted by Gasteiger charge is -2.26. The van der Waals surface area contributed by atoms with Gasteiger partial charge in [-0.1, -0.05) is 6.07 Å². The first-order valence-corrected chi connectivity index (χ1v) is 5.57. The van der Waals surface area contributed by atoms with Crippen molar-refractivity contribution in [1.82, 2.24) is 0 Å². The van der Waals surface area contributed by atoms with Crippen LogP contribution in [0.15, 0.2) is 18.2 Å². The molecular weight excluding hydrogens is 191 g/mol. The third-order valence-electron chi connectivity index (χ3n) is 3.70. The van der Waals surface area contributed by atoms with Crippen LogP contribution in [0.1, 0.15) is 18.4 Å². The van der Waals surface area contributed by atoms with Crippen LogP contribution in [0.5, 0.6) is 0 Å². The number of halogens is 1. The fourth-order valence-electron chi connectivity index (χ4n) is 3.01. The van der Waals surface area contributed by atoms with E-state index in [4.69, 9.17) is 5.73 Å². The smallest absolute Gasteiger partial charge is 0.128 e. The molecule has 2 aliphatic rings. The van der Waals surface area contributed by atoms with Crippen molar-refractivity contribution < 1.29 is 4.39 Å². The summed E-state index contributed by atoms with van der Waals surface area (Å²) in [4.78, 5) is 2.33. The molecule has 0 bridgehead atoms. The minimum atomic E-state index is -0.0577. The van der Waals surface area contributed by atoms with E-state index in [1.54, 1.807) is 12.1 Å². The summed E-state index contributed by atoms with van der Waals surface area (Å²) < 4.78 is 13.6. The zero-order valence-electron chi connectivity index (χ0n) is 8.62. The fraction of sp³-hybridized carbons (Fsp3) is 0.500. The van der Waals surface area contributed by atoms with Crippen LogP contribution in [0.3, 0.4) is 0 Å². The Morgan fingerprint density at radius 2 is 2.27 bits per heavy atom. The highest BCUT2D eigenvalue weighted by molar-refractivity contribution is 5.61. The van der Waals surface area contributed by atoms with E-state index in [1.807, 2.05) is 6.07 Å². The van der Waals surface area contributed by atoms with Crippen molar-refractivity contribution in [3.63, 3.8) is 0 Å². The monoisotopic (exact) mass is 206 g/mol. The summed E-state index contributed by atoms with van der Waals surface area (Å²) in [5.74, 6) is -0.0577. The Labute approximate surface area is 88.9 Å². The van der Waals surface area contributed by atoms with E-state index in [0.29, 0.717) is 18.6 Å². The second kappa shape index (κ2) is 3.20. The largest absolute Gasteiger partial charge is 0.364 e. The van der Waals surface area contributed by atoms with Crippen molar-refractivity contribution in [1.29, 1.82) is 0 Å². The number of hydrogen-bond acceptors (Lipinski definition) is 2. The van der Waals surface area contributed by atoms with Crippen LogP contribution >= 0.6 is 0 Å². The first kappa shape index (κ1) is 9.16. The summed E-state index contributed by atoms with van der Waals surface area (Å²) in [5.41, 5.74) is 7.72. The van der Waals surface area contributed by atoms with Crippen LogP contribution in [0.2, 0.25) is 0 Å². The average molecular weight is 206 g/mol. The molecule has 0 radical (unpaired) electrons. The summed E-state index contributed by atoms with van der Waals surface area (Å²) in [6.45, 7) is 0.673. The number of anilines is 1. The Morgan fingerprint density at radius 1 is 1.40 bits per heavy atom. The topological polar surface area (TPSA) is 29.3 Å². The van der Waals surface area contributed by atoms with Gasteiger partial charge in [0.2, 0.25) is 0 Å². The van der Waals surface area contributed by atoms with Gasteiger partial charge < -0.3 is 10.6 Å². The Balaban J connectivity index is 2.05. The predicted molar refractivity (Wildman–Crippen MR) is 58.4 cm³/mol. The quantitative estimate of drug-likeness (QED) is 0.757. The molecule has 15 heavy (non-hydrogen) atoms. The molecule has 0 aliphatic carbocycles. The maximum atomic E-state index is 13.6. The molecule has 2 N–H and O–H groups in total. The molecule has 3 heteroatoms. The molecule has 0 aromatic heterocycles. The van der Waals surface area contributed by atoms with E-state index in [1.165, 1.54) is 0 Å². The van der Waals surface area contributed by atoms with Crippen molar-refractivity contribution in [2.24, 2.45) is 5.73 Å². The van der Waals surface area contributed by atoms with Crippen molar-refractivity contribution in [2.45, 2.75) is 31.3 Å². The normalized spacial score (nSPS) is 28.0. The molecule has 3 rings (SSSR count). The number of nitrogens with two attached hydrogens (primary N) is 1. The Morgan fingerprint density at radius 3 is 3.07 bits per heavy atom.